The van der Waals surface area contributed by atoms with Crippen molar-refractivity contribution in [3.8, 4) is 5.69 Å². The first-order chi connectivity index (χ1) is 17.2. The molecule has 5 rings (SSSR count). The monoisotopic (exact) mass is 514 g/mol. The van der Waals surface area contributed by atoms with Crippen LogP contribution in [0.25, 0.3) is 16.6 Å². The Morgan fingerprint density at radius 1 is 1.00 bits per heavy atom. The highest BCUT2D eigenvalue weighted by Crippen LogP contribution is 2.29. The summed E-state index contributed by atoms with van der Waals surface area (Å²) in [6.45, 7) is -0.599. The van der Waals surface area contributed by atoms with Crippen molar-refractivity contribution in [3.05, 3.63) is 98.2 Å². The fraction of sp³-hybridized carbons (Fsp3) is 0.0909. The van der Waals surface area contributed by atoms with Gasteiger partial charge in [-0.2, -0.15) is 10.1 Å². The lowest BCUT2D eigenvalue weighted by Crippen LogP contribution is -2.42. The van der Waals surface area contributed by atoms with Gasteiger partial charge in [-0.25, -0.2) is 37.3 Å². The van der Waals surface area contributed by atoms with Gasteiger partial charge in [0.1, 0.15) is 12.1 Å². The fourth-order valence-corrected chi connectivity index (χ4v) is 3.81. The number of hydrogen-bond acceptors (Lipinski definition) is 7. The molecule has 14 heteroatoms. The van der Waals surface area contributed by atoms with E-state index < -0.39 is 35.4 Å². The Hall–Kier alpha value is -4.52. The zero-order chi connectivity index (χ0) is 25.6. The number of halogens is 4. The number of fused-ring (bicyclic) bond motifs is 1. The maximum atomic E-state index is 14.5. The van der Waals surface area contributed by atoms with Gasteiger partial charge < -0.3 is 5.32 Å². The van der Waals surface area contributed by atoms with Gasteiger partial charge in [-0.1, -0.05) is 11.6 Å². The Bertz CT molecular complexity index is 1750. The zero-order valence-electron chi connectivity index (χ0n) is 18.3. The molecule has 0 atom stereocenters. The van der Waals surface area contributed by atoms with Gasteiger partial charge in [0.05, 0.1) is 40.9 Å². The molecule has 10 nitrogen and oxygen atoms in total. The summed E-state index contributed by atoms with van der Waals surface area (Å²) in [7, 11) is 1.73. The van der Waals surface area contributed by atoms with Crippen molar-refractivity contribution < 1.29 is 13.2 Å². The molecule has 0 radical (unpaired) electrons. The van der Waals surface area contributed by atoms with Crippen molar-refractivity contribution in [2.75, 3.05) is 5.32 Å². The molecule has 0 unspecified atom stereocenters. The minimum absolute atomic E-state index is 0.000806. The van der Waals surface area contributed by atoms with Gasteiger partial charge in [-0.05, 0) is 18.2 Å². The summed E-state index contributed by atoms with van der Waals surface area (Å²) in [5.74, 6) is -4.10. The van der Waals surface area contributed by atoms with Gasteiger partial charge in [0.15, 0.2) is 11.6 Å². The second kappa shape index (κ2) is 8.92. The molecule has 0 aliphatic heterocycles. The van der Waals surface area contributed by atoms with E-state index in [4.69, 9.17) is 11.6 Å². The molecule has 0 aliphatic carbocycles. The molecular formula is C22H14ClF3N8O2. The van der Waals surface area contributed by atoms with E-state index >= 15 is 0 Å². The van der Waals surface area contributed by atoms with E-state index in [-0.39, 0.29) is 27.9 Å². The molecule has 1 N–H and O–H groups in total. The molecule has 2 aromatic carbocycles. The Morgan fingerprint density at radius 3 is 2.47 bits per heavy atom. The molecule has 36 heavy (non-hydrogen) atoms. The van der Waals surface area contributed by atoms with Crippen molar-refractivity contribution in [1.29, 1.82) is 0 Å². The standard InChI is InChI=1S/C22H14ClF3N8O2/c1-32-8-12-3-19(14(23)4-18(12)31-32)29-20-30-21(35)34(13-6-27-10-28-7-13)22(36)33(20)9-11-2-16(25)17(26)5-15(11)24/h2-8,10H,9H2,1H3,(H,29,30,35). The molecule has 3 heterocycles. The third-order valence-electron chi connectivity index (χ3n) is 5.25. The molecule has 0 fully saturated rings. The van der Waals surface area contributed by atoms with Crippen molar-refractivity contribution in [3.63, 3.8) is 0 Å². The van der Waals surface area contributed by atoms with Crippen molar-refractivity contribution in [2.45, 2.75) is 6.54 Å². The highest BCUT2D eigenvalue weighted by atomic mass is 35.5. The number of nitrogens with one attached hydrogen (secondary N) is 1. The Morgan fingerprint density at radius 2 is 1.72 bits per heavy atom. The number of nitrogens with zero attached hydrogens (tertiary/aromatic N) is 7. The van der Waals surface area contributed by atoms with E-state index in [0.29, 0.717) is 27.6 Å². The largest absolute Gasteiger partial charge is 0.359 e. The Labute approximate surface area is 204 Å². The van der Waals surface area contributed by atoms with E-state index in [1.807, 2.05) is 0 Å². The van der Waals surface area contributed by atoms with Crippen molar-refractivity contribution >= 4 is 34.1 Å². The van der Waals surface area contributed by atoms with E-state index in [1.54, 1.807) is 30.1 Å². The molecule has 3 aromatic heterocycles. The molecular weight excluding hydrogens is 501 g/mol. The average Bonchev–Trinajstić information content (AvgIpc) is 3.19. The lowest BCUT2D eigenvalue weighted by atomic mass is 10.2. The summed E-state index contributed by atoms with van der Waals surface area (Å²) < 4.78 is 44.9. The van der Waals surface area contributed by atoms with E-state index in [1.165, 1.54) is 18.7 Å². The summed E-state index contributed by atoms with van der Waals surface area (Å²) in [5.41, 5.74) is -1.44. The minimum Gasteiger partial charge on any atom is -0.324 e. The topological polar surface area (TPSA) is 113 Å². The number of aromatic nitrogens is 7. The molecule has 0 spiro atoms. The van der Waals surface area contributed by atoms with Crippen LogP contribution < -0.4 is 16.7 Å². The van der Waals surface area contributed by atoms with Crippen LogP contribution in [-0.4, -0.2) is 33.9 Å². The smallest absolute Gasteiger partial charge is 0.324 e. The van der Waals surface area contributed by atoms with Gasteiger partial charge in [-0.3, -0.25) is 9.25 Å². The SMILES string of the molecule is Cn1cc2cc(Nc3nc(=O)n(-c4cncnc4)c(=O)n3Cc3cc(F)c(F)cc3F)c(Cl)cc2n1. The first-order valence-electron chi connectivity index (χ1n) is 10.2. The summed E-state index contributed by atoms with van der Waals surface area (Å²) in [6, 6.07) is 4.18. The Balaban J connectivity index is 1.69. The maximum Gasteiger partial charge on any atom is 0.359 e. The maximum absolute atomic E-state index is 14.5. The van der Waals surface area contributed by atoms with E-state index in [9.17, 15) is 22.8 Å². The van der Waals surface area contributed by atoms with Crippen LogP contribution in [0.3, 0.4) is 0 Å². The molecule has 0 aliphatic rings. The average molecular weight is 515 g/mol. The van der Waals surface area contributed by atoms with Crippen LogP contribution in [-0.2, 0) is 13.6 Å². The second-order valence-electron chi connectivity index (χ2n) is 7.70. The number of anilines is 2. The molecule has 182 valence electrons. The fourth-order valence-electron chi connectivity index (χ4n) is 3.60. The minimum atomic E-state index is -1.39. The quantitative estimate of drug-likeness (QED) is 0.359. The van der Waals surface area contributed by atoms with Crippen LogP contribution in [0.1, 0.15) is 5.56 Å². The van der Waals surface area contributed by atoms with Crippen LogP contribution in [0.15, 0.2) is 58.8 Å². The summed E-state index contributed by atoms with van der Waals surface area (Å²) in [6.07, 6.45) is 5.34. The third kappa shape index (κ3) is 4.20. The summed E-state index contributed by atoms with van der Waals surface area (Å²) in [4.78, 5) is 37.8. The lowest BCUT2D eigenvalue weighted by molar-refractivity contribution is 0.487. The predicted octanol–water partition coefficient (Wildman–Crippen LogP) is 2.93. The zero-order valence-corrected chi connectivity index (χ0v) is 19.0. The van der Waals surface area contributed by atoms with Crippen LogP contribution in [0.5, 0.6) is 0 Å². The number of hydrogen-bond donors (Lipinski definition) is 1. The van der Waals surface area contributed by atoms with Crippen LogP contribution in [0.2, 0.25) is 5.02 Å². The molecule has 0 amide bonds. The molecule has 0 bridgehead atoms. The number of aryl methyl sites for hydroxylation is 1. The second-order valence-corrected chi connectivity index (χ2v) is 8.10. The van der Waals surface area contributed by atoms with Gasteiger partial charge in [0, 0.05) is 30.3 Å². The number of rotatable bonds is 5. The Kier molecular flexibility index (Phi) is 5.76. The van der Waals surface area contributed by atoms with Crippen molar-refractivity contribution in [1.82, 2.24) is 33.9 Å². The van der Waals surface area contributed by atoms with Crippen molar-refractivity contribution in [2.24, 2.45) is 7.05 Å². The summed E-state index contributed by atoms with van der Waals surface area (Å²) >= 11 is 6.37. The third-order valence-corrected chi connectivity index (χ3v) is 5.56. The predicted molar refractivity (Wildman–Crippen MR) is 124 cm³/mol. The van der Waals surface area contributed by atoms with Crippen LogP contribution in [0, 0.1) is 17.5 Å². The lowest BCUT2D eigenvalue weighted by Gasteiger charge is -2.16. The normalized spacial score (nSPS) is 11.2. The van der Waals surface area contributed by atoms with Gasteiger partial charge in [0.2, 0.25) is 5.95 Å². The first-order valence-corrected chi connectivity index (χ1v) is 10.6. The van der Waals surface area contributed by atoms with Crippen LogP contribution >= 0.6 is 11.6 Å². The van der Waals surface area contributed by atoms with Gasteiger partial charge >= 0.3 is 11.4 Å². The molecule has 0 saturated heterocycles. The van der Waals surface area contributed by atoms with E-state index in [0.717, 1.165) is 4.57 Å². The van der Waals surface area contributed by atoms with Gasteiger partial charge in [-0.15, -0.1) is 0 Å². The van der Waals surface area contributed by atoms with E-state index in [2.05, 4.69) is 25.4 Å². The molecule has 5 aromatic rings. The number of benzene rings is 2. The highest BCUT2D eigenvalue weighted by molar-refractivity contribution is 6.34. The first kappa shape index (κ1) is 23.2. The summed E-state index contributed by atoms with van der Waals surface area (Å²) in [5, 5.41) is 7.96. The highest BCUT2D eigenvalue weighted by Gasteiger charge is 2.19. The van der Waals surface area contributed by atoms with Gasteiger partial charge in [0.25, 0.3) is 0 Å². The molecule has 0 saturated carbocycles. The van der Waals surface area contributed by atoms with Crippen LogP contribution in [0.4, 0.5) is 24.8 Å².